The number of hydrogen-bond donors (Lipinski definition) is 1. The fraction of sp³-hybridized carbons (Fsp3) is 0.0909. The van der Waals surface area contributed by atoms with Crippen molar-refractivity contribution in [2.45, 2.75) is 6.54 Å². The van der Waals surface area contributed by atoms with E-state index in [-0.39, 0.29) is 9.92 Å². The van der Waals surface area contributed by atoms with Gasteiger partial charge in [0.15, 0.2) is 0 Å². The molecule has 1 heterocycles. The van der Waals surface area contributed by atoms with Crippen LogP contribution in [-0.2, 0) is 6.54 Å². The van der Waals surface area contributed by atoms with E-state index in [4.69, 9.17) is 0 Å². The number of anilines is 1. The summed E-state index contributed by atoms with van der Waals surface area (Å²) in [5.41, 5.74) is 1.90. The second kappa shape index (κ2) is 5.98. The molecule has 4 nitrogen and oxygen atoms in total. The molecule has 0 aliphatic carbocycles. The third-order valence-electron chi connectivity index (χ3n) is 2.23. The molecule has 2 aromatic rings. The molecule has 0 amide bonds. The Bertz CT molecular complexity index is 588. The first kappa shape index (κ1) is 13.8. The van der Waals surface area contributed by atoms with Gasteiger partial charge in [-0.3, -0.25) is 10.1 Å². The number of thiophene rings is 1. The van der Waals surface area contributed by atoms with Crippen molar-refractivity contribution < 1.29 is 4.92 Å². The van der Waals surface area contributed by atoms with Gasteiger partial charge < -0.3 is 5.32 Å². The standard InChI is InChI=1S/C11H8BrIN2O2S/c12-9-2-1-8(13)4-10(9)14-5-7-3-11(15(16)17)18-6-7/h1-4,6,14H,5H2. The molecule has 0 saturated carbocycles. The molecule has 0 spiro atoms. The zero-order valence-corrected chi connectivity index (χ0v) is 13.6. The van der Waals surface area contributed by atoms with Crippen LogP contribution >= 0.6 is 49.9 Å². The molecule has 0 fully saturated rings. The normalized spacial score (nSPS) is 10.3. The van der Waals surface area contributed by atoms with Gasteiger partial charge in [-0.15, -0.1) is 0 Å². The van der Waals surface area contributed by atoms with Gasteiger partial charge in [0.25, 0.3) is 0 Å². The minimum Gasteiger partial charge on any atom is -0.380 e. The number of halogens is 2. The molecule has 0 saturated heterocycles. The molecule has 1 aromatic carbocycles. The van der Waals surface area contributed by atoms with Crippen molar-refractivity contribution in [3.63, 3.8) is 0 Å². The maximum absolute atomic E-state index is 10.6. The van der Waals surface area contributed by atoms with E-state index in [0.717, 1.165) is 30.6 Å². The van der Waals surface area contributed by atoms with Crippen molar-refractivity contribution in [3.05, 3.63) is 53.4 Å². The largest absolute Gasteiger partial charge is 0.380 e. The smallest absolute Gasteiger partial charge is 0.324 e. The lowest BCUT2D eigenvalue weighted by Gasteiger charge is -2.07. The van der Waals surface area contributed by atoms with E-state index in [9.17, 15) is 10.1 Å². The number of hydrogen-bond acceptors (Lipinski definition) is 4. The third kappa shape index (κ3) is 3.42. The van der Waals surface area contributed by atoms with Crippen LogP contribution < -0.4 is 5.32 Å². The summed E-state index contributed by atoms with van der Waals surface area (Å²) in [6, 6.07) is 7.59. The van der Waals surface area contributed by atoms with E-state index >= 15 is 0 Å². The first-order valence-corrected chi connectivity index (χ1v) is 7.72. The lowest BCUT2D eigenvalue weighted by atomic mass is 10.3. The van der Waals surface area contributed by atoms with Crippen LogP contribution in [0.1, 0.15) is 5.56 Å². The molecule has 94 valence electrons. The van der Waals surface area contributed by atoms with Crippen LogP contribution in [0.4, 0.5) is 10.7 Å². The quantitative estimate of drug-likeness (QED) is 0.430. The maximum atomic E-state index is 10.6. The van der Waals surface area contributed by atoms with Gasteiger partial charge >= 0.3 is 5.00 Å². The van der Waals surface area contributed by atoms with E-state index in [1.54, 1.807) is 11.4 Å². The maximum Gasteiger partial charge on any atom is 0.324 e. The van der Waals surface area contributed by atoms with Gasteiger partial charge in [-0.1, -0.05) is 11.3 Å². The molecule has 2 rings (SSSR count). The zero-order valence-electron chi connectivity index (χ0n) is 9.02. The molecule has 18 heavy (non-hydrogen) atoms. The number of benzene rings is 1. The van der Waals surface area contributed by atoms with E-state index in [1.807, 2.05) is 18.2 Å². The molecular formula is C11H8BrIN2O2S. The summed E-state index contributed by atoms with van der Waals surface area (Å²) in [6.07, 6.45) is 0. The van der Waals surface area contributed by atoms with Gasteiger partial charge in [-0.2, -0.15) is 0 Å². The van der Waals surface area contributed by atoms with Crippen molar-refractivity contribution >= 4 is 60.5 Å². The monoisotopic (exact) mass is 438 g/mol. The average Bonchev–Trinajstić information content (AvgIpc) is 2.79. The minimum atomic E-state index is -0.366. The van der Waals surface area contributed by atoms with Crippen molar-refractivity contribution in [2.75, 3.05) is 5.32 Å². The Labute approximate surface area is 130 Å². The second-order valence-electron chi connectivity index (χ2n) is 3.53. The van der Waals surface area contributed by atoms with Crippen LogP contribution in [0.3, 0.4) is 0 Å². The molecule has 0 bridgehead atoms. The minimum absolute atomic E-state index is 0.175. The van der Waals surface area contributed by atoms with Gasteiger partial charge in [0, 0.05) is 31.7 Å². The van der Waals surface area contributed by atoms with Gasteiger partial charge in [0.2, 0.25) is 0 Å². The Morgan fingerprint density at radius 2 is 2.22 bits per heavy atom. The van der Waals surface area contributed by atoms with E-state index < -0.39 is 0 Å². The Kier molecular flexibility index (Phi) is 4.57. The summed E-state index contributed by atoms with van der Waals surface area (Å²) in [5, 5.41) is 15.8. The van der Waals surface area contributed by atoms with Crippen molar-refractivity contribution in [3.8, 4) is 0 Å². The second-order valence-corrected chi connectivity index (χ2v) is 6.52. The summed E-state index contributed by atoms with van der Waals surface area (Å²) in [7, 11) is 0. The van der Waals surface area contributed by atoms with Crippen molar-refractivity contribution in [1.82, 2.24) is 0 Å². The summed E-state index contributed by atoms with van der Waals surface area (Å²) in [4.78, 5) is 10.2. The van der Waals surface area contributed by atoms with Gasteiger partial charge in [0.05, 0.1) is 4.92 Å². The van der Waals surface area contributed by atoms with Crippen LogP contribution in [0.15, 0.2) is 34.1 Å². The molecule has 0 unspecified atom stereocenters. The SMILES string of the molecule is O=[N+]([O-])c1cc(CNc2cc(I)ccc2Br)cs1. The average molecular weight is 439 g/mol. The summed E-state index contributed by atoms with van der Waals surface area (Å²) >= 11 is 6.85. The molecule has 0 aliphatic rings. The predicted molar refractivity (Wildman–Crippen MR) is 85.2 cm³/mol. The molecule has 0 atom stereocenters. The fourth-order valence-corrected chi connectivity index (χ4v) is 2.99. The van der Waals surface area contributed by atoms with Crippen LogP contribution in [-0.4, -0.2) is 4.92 Å². The lowest BCUT2D eigenvalue weighted by molar-refractivity contribution is -0.380. The first-order valence-electron chi connectivity index (χ1n) is 4.97. The van der Waals surface area contributed by atoms with Crippen molar-refractivity contribution in [2.24, 2.45) is 0 Å². The number of nitrogens with zero attached hydrogens (tertiary/aromatic N) is 1. The fourth-order valence-electron chi connectivity index (χ4n) is 1.38. The molecule has 0 radical (unpaired) electrons. The number of nitro groups is 1. The predicted octanol–water partition coefficient (Wildman–Crippen LogP) is 4.64. The topological polar surface area (TPSA) is 55.2 Å². The van der Waals surface area contributed by atoms with E-state index in [2.05, 4.69) is 43.8 Å². The highest BCUT2D eigenvalue weighted by atomic mass is 127. The van der Waals surface area contributed by atoms with Crippen molar-refractivity contribution in [1.29, 1.82) is 0 Å². The zero-order chi connectivity index (χ0) is 13.1. The lowest BCUT2D eigenvalue weighted by Crippen LogP contribution is -1.99. The van der Waals surface area contributed by atoms with Gasteiger partial charge in [0.1, 0.15) is 0 Å². The molecular weight excluding hydrogens is 431 g/mol. The summed E-state index contributed by atoms with van der Waals surface area (Å²) < 4.78 is 2.11. The van der Waals surface area contributed by atoms with E-state index in [1.165, 1.54) is 0 Å². The number of nitrogens with one attached hydrogen (secondary N) is 1. The molecule has 1 aromatic heterocycles. The van der Waals surface area contributed by atoms with Crippen LogP contribution in [0.25, 0.3) is 0 Å². The van der Waals surface area contributed by atoms with Gasteiger partial charge in [-0.05, 0) is 62.3 Å². The molecule has 7 heteroatoms. The molecule has 0 aliphatic heterocycles. The Morgan fingerprint density at radius 3 is 2.89 bits per heavy atom. The Hall–Kier alpha value is -0.670. The van der Waals surface area contributed by atoms with Crippen LogP contribution in [0, 0.1) is 13.7 Å². The highest BCUT2D eigenvalue weighted by Gasteiger charge is 2.09. The van der Waals surface area contributed by atoms with E-state index in [0.29, 0.717) is 6.54 Å². The number of rotatable bonds is 4. The highest BCUT2D eigenvalue weighted by Crippen LogP contribution is 2.27. The Balaban J connectivity index is 2.06. The first-order chi connectivity index (χ1) is 8.56. The van der Waals surface area contributed by atoms with Gasteiger partial charge in [-0.25, -0.2) is 0 Å². The summed E-state index contributed by atoms with van der Waals surface area (Å²) in [6.45, 7) is 0.572. The highest BCUT2D eigenvalue weighted by molar-refractivity contribution is 14.1. The third-order valence-corrected chi connectivity index (χ3v) is 4.52. The van der Waals surface area contributed by atoms with Crippen LogP contribution in [0.2, 0.25) is 0 Å². The summed E-state index contributed by atoms with van der Waals surface area (Å²) in [5.74, 6) is 0. The Morgan fingerprint density at radius 1 is 1.44 bits per heavy atom. The molecule has 1 N–H and O–H groups in total. The van der Waals surface area contributed by atoms with Crippen LogP contribution in [0.5, 0.6) is 0 Å².